The Hall–Kier alpha value is -4.16. The summed E-state index contributed by atoms with van der Waals surface area (Å²) in [7, 11) is 1.61. The van der Waals surface area contributed by atoms with E-state index in [4.69, 9.17) is 9.47 Å². The SMILES string of the molecule is COc1cccc(N(CC(O)COc2ccc(F)cc2C(=O)CCc2ccccc2)c2ccccc2)c1. The highest BCUT2D eigenvalue weighted by atomic mass is 19.1. The summed E-state index contributed by atoms with van der Waals surface area (Å²) in [5.74, 6) is 0.236. The second-order valence-corrected chi connectivity index (χ2v) is 8.66. The summed E-state index contributed by atoms with van der Waals surface area (Å²) in [6, 6.07) is 30.8. The normalized spacial score (nSPS) is 11.5. The summed E-state index contributed by atoms with van der Waals surface area (Å²) in [6.45, 7) is 0.160. The van der Waals surface area contributed by atoms with E-state index in [1.54, 1.807) is 7.11 Å². The number of ether oxygens (including phenoxy) is 2. The Bertz CT molecular complexity index is 1300. The lowest BCUT2D eigenvalue weighted by molar-refractivity contribution is 0.0960. The van der Waals surface area contributed by atoms with Gasteiger partial charge in [-0.05, 0) is 54.4 Å². The Labute approximate surface area is 216 Å². The average Bonchev–Trinajstić information content (AvgIpc) is 2.95. The molecule has 0 aromatic heterocycles. The fourth-order valence-corrected chi connectivity index (χ4v) is 4.08. The smallest absolute Gasteiger partial charge is 0.167 e. The molecule has 0 aliphatic rings. The first-order valence-corrected chi connectivity index (χ1v) is 12.2. The van der Waals surface area contributed by atoms with Gasteiger partial charge in [-0.2, -0.15) is 0 Å². The van der Waals surface area contributed by atoms with Crippen molar-refractivity contribution in [1.82, 2.24) is 0 Å². The molecule has 0 aliphatic carbocycles. The van der Waals surface area contributed by atoms with Crippen LogP contribution in [0.15, 0.2) is 103 Å². The number of carbonyl (C=O) groups is 1. The molecule has 0 amide bonds. The summed E-state index contributed by atoms with van der Waals surface area (Å²) in [4.78, 5) is 14.9. The number of rotatable bonds is 12. The van der Waals surface area contributed by atoms with Gasteiger partial charge in [0, 0.05) is 23.9 Å². The fourth-order valence-electron chi connectivity index (χ4n) is 4.08. The lowest BCUT2D eigenvalue weighted by Crippen LogP contribution is -2.33. The molecule has 1 N–H and O–H groups in total. The minimum Gasteiger partial charge on any atom is -0.497 e. The van der Waals surface area contributed by atoms with Crippen molar-refractivity contribution >= 4 is 17.2 Å². The number of aryl methyl sites for hydroxylation is 1. The van der Waals surface area contributed by atoms with E-state index >= 15 is 0 Å². The molecule has 0 radical (unpaired) electrons. The number of nitrogens with zero attached hydrogens (tertiary/aromatic N) is 1. The second-order valence-electron chi connectivity index (χ2n) is 8.66. The zero-order valence-corrected chi connectivity index (χ0v) is 20.7. The number of benzene rings is 4. The molecule has 37 heavy (non-hydrogen) atoms. The highest BCUT2D eigenvalue weighted by Crippen LogP contribution is 2.29. The van der Waals surface area contributed by atoms with Gasteiger partial charge in [0.1, 0.15) is 30.0 Å². The molecule has 0 bridgehead atoms. The quantitative estimate of drug-likeness (QED) is 0.234. The minimum atomic E-state index is -0.899. The molecule has 5 nitrogen and oxygen atoms in total. The first kappa shape index (κ1) is 25.9. The zero-order valence-electron chi connectivity index (χ0n) is 20.7. The molecule has 0 saturated carbocycles. The molecule has 0 fully saturated rings. The van der Waals surface area contributed by atoms with Crippen LogP contribution >= 0.6 is 0 Å². The van der Waals surface area contributed by atoms with Crippen molar-refractivity contribution in [3.05, 3.63) is 120 Å². The molecule has 190 valence electrons. The van der Waals surface area contributed by atoms with Crippen LogP contribution in [0.25, 0.3) is 0 Å². The van der Waals surface area contributed by atoms with Crippen molar-refractivity contribution in [1.29, 1.82) is 0 Å². The molecule has 0 aliphatic heterocycles. The number of hydrogen-bond donors (Lipinski definition) is 1. The van der Waals surface area contributed by atoms with Crippen LogP contribution in [0, 0.1) is 5.82 Å². The van der Waals surface area contributed by atoms with Crippen molar-refractivity contribution in [2.45, 2.75) is 18.9 Å². The van der Waals surface area contributed by atoms with E-state index in [1.165, 1.54) is 18.2 Å². The van der Waals surface area contributed by atoms with Crippen LogP contribution in [0.5, 0.6) is 11.5 Å². The van der Waals surface area contributed by atoms with Crippen molar-refractivity contribution in [3.8, 4) is 11.5 Å². The van der Waals surface area contributed by atoms with E-state index in [1.807, 2.05) is 89.8 Å². The molecule has 0 heterocycles. The topological polar surface area (TPSA) is 59.0 Å². The zero-order chi connectivity index (χ0) is 26.0. The number of para-hydroxylation sites is 1. The van der Waals surface area contributed by atoms with Crippen LogP contribution in [-0.2, 0) is 6.42 Å². The molecule has 0 spiro atoms. The molecule has 1 atom stereocenters. The van der Waals surface area contributed by atoms with Crippen LogP contribution in [0.4, 0.5) is 15.8 Å². The van der Waals surface area contributed by atoms with Crippen LogP contribution in [0.3, 0.4) is 0 Å². The van der Waals surface area contributed by atoms with Gasteiger partial charge in [0.25, 0.3) is 0 Å². The number of aliphatic hydroxyl groups is 1. The molecule has 4 rings (SSSR count). The van der Waals surface area contributed by atoms with Gasteiger partial charge in [0.05, 0.1) is 19.2 Å². The number of carbonyl (C=O) groups excluding carboxylic acids is 1. The van der Waals surface area contributed by atoms with Crippen molar-refractivity contribution in [3.63, 3.8) is 0 Å². The Balaban J connectivity index is 1.45. The highest BCUT2D eigenvalue weighted by Gasteiger charge is 2.19. The van der Waals surface area contributed by atoms with Crippen molar-refractivity contribution in [2.75, 3.05) is 25.2 Å². The molecule has 6 heteroatoms. The van der Waals surface area contributed by atoms with Gasteiger partial charge < -0.3 is 19.5 Å². The maximum atomic E-state index is 14.0. The number of aliphatic hydroxyl groups excluding tert-OH is 1. The molecular weight excluding hydrogens is 469 g/mol. The van der Waals surface area contributed by atoms with Crippen LogP contribution in [0.1, 0.15) is 22.3 Å². The van der Waals surface area contributed by atoms with Gasteiger partial charge in [0.15, 0.2) is 5.78 Å². The van der Waals surface area contributed by atoms with E-state index < -0.39 is 11.9 Å². The van der Waals surface area contributed by atoms with Gasteiger partial charge in [-0.15, -0.1) is 0 Å². The van der Waals surface area contributed by atoms with Crippen LogP contribution in [-0.4, -0.2) is 37.3 Å². The summed E-state index contributed by atoms with van der Waals surface area (Å²) in [5.41, 5.74) is 2.95. The third-order valence-corrected chi connectivity index (χ3v) is 5.98. The Morgan fingerprint density at radius 2 is 1.59 bits per heavy atom. The van der Waals surface area contributed by atoms with E-state index in [2.05, 4.69) is 0 Å². The Morgan fingerprint density at radius 3 is 2.32 bits per heavy atom. The second kappa shape index (κ2) is 12.7. The van der Waals surface area contributed by atoms with E-state index in [0.29, 0.717) is 12.2 Å². The third-order valence-electron chi connectivity index (χ3n) is 5.98. The van der Waals surface area contributed by atoms with Crippen LogP contribution in [0.2, 0.25) is 0 Å². The lowest BCUT2D eigenvalue weighted by Gasteiger charge is -2.28. The van der Waals surface area contributed by atoms with Gasteiger partial charge in [0.2, 0.25) is 0 Å². The lowest BCUT2D eigenvalue weighted by atomic mass is 10.0. The number of methoxy groups -OCH3 is 1. The van der Waals surface area contributed by atoms with E-state index in [-0.39, 0.29) is 36.7 Å². The Kier molecular flexibility index (Phi) is 8.89. The number of ketones is 1. The van der Waals surface area contributed by atoms with Gasteiger partial charge in [-0.1, -0.05) is 54.6 Å². The van der Waals surface area contributed by atoms with Gasteiger partial charge >= 0.3 is 0 Å². The minimum absolute atomic E-state index is 0.0715. The standard InChI is InChI=1S/C31H30FNO4/c1-36-28-14-8-13-26(20-28)33(25-11-6-3-7-12-25)21-27(34)22-37-31-18-16-24(32)19-29(31)30(35)17-15-23-9-4-2-5-10-23/h2-14,16,18-20,27,34H,15,17,21-22H2,1H3. The largest absolute Gasteiger partial charge is 0.497 e. The van der Waals surface area contributed by atoms with Crippen LogP contribution < -0.4 is 14.4 Å². The molecular formula is C31H30FNO4. The molecule has 0 saturated heterocycles. The number of halogens is 1. The highest BCUT2D eigenvalue weighted by molar-refractivity contribution is 5.98. The monoisotopic (exact) mass is 499 g/mol. The van der Waals surface area contributed by atoms with E-state index in [0.717, 1.165) is 16.9 Å². The summed E-state index contributed by atoms with van der Waals surface area (Å²) in [5, 5.41) is 10.9. The first-order chi connectivity index (χ1) is 18.0. The summed E-state index contributed by atoms with van der Waals surface area (Å²) >= 11 is 0. The number of anilines is 2. The van der Waals surface area contributed by atoms with Gasteiger partial charge in [-0.25, -0.2) is 4.39 Å². The maximum Gasteiger partial charge on any atom is 0.167 e. The van der Waals surface area contributed by atoms with E-state index in [9.17, 15) is 14.3 Å². The fraction of sp³-hybridized carbons (Fsp3) is 0.194. The summed E-state index contributed by atoms with van der Waals surface area (Å²) < 4.78 is 25.2. The maximum absolute atomic E-state index is 14.0. The number of hydrogen-bond acceptors (Lipinski definition) is 5. The predicted octanol–water partition coefficient (Wildman–Crippen LogP) is 6.23. The third kappa shape index (κ3) is 7.18. The summed E-state index contributed by atoms with van der Waals surface area (Å²) in [6.07, 6.45) is -0.127. The number of Topliss-reactive ketones (excluding diaryl/α,β-unsaturated/α-hetero) is 1. The molecule has 4 aromatic rings. The molecule has 4 aromatic carbocycles. The van der Waals surface area contributed by atoms with Crippen molar-refractivity contribution < 1.29 is 23.8 Å². The average molecular weight is 500 g/mol. The predicted molar refractivity (Wildman–Crippen MR) is 143 cm³/mol. The molecule has 1 unspecified atom stereocenters. The van der Waals surface area contributed by atoms with Gasteiger partial charge in [-0.3, -0.25) is 4.79 Å². The van der Waals surface area contributed by atoms with Crippen molar-refractivity contribution in [2.24, 2.45) is 0 Å². The Morgan fingerprint density at radius 1 is 0.892 bits per heavy atom. The first-order valence-electron chi connectivity index (χ1n) is 12.2.